The maximum Gasteiger partial charge on any atom is 0.0406 e. The Morgan fingerprint density at radius 2 is 1.10 bits per heavy atom. The van der Waals surface area contributed by atoms with Crippen LogP contribution in [0.5, 0.6) is 0 Å². The largest absolute Gasteiger partial charge is 0.103 e. The minimum Gasteiger partial charge on any atom is -0.103 e. The summed E-state index contributed by atoms with van der Waals surface area (Å²) in [5.74, 6) is 3.73. The van der Waals surface area contributed by atoms with Gasteiger partial charge in [-0.1, -0.05) is 92.6 Å². The third kappa shape index (κ3) is 6.48. The van der Waals surface area contributed by atoms with Gasteiger partial charge in [0.1, 0.15) is 0 Å². The molecule has 31 heavy (non-hydrogen) atoms. The van der Waals surface area contributed by atoms with Crippen LogP contribution in [0.1, 0.15) is 88.5 Å². The van der Waals surface area contributed by atoms with Crippen molar-refractivity contribution in [2.45, 2.75) is 83.0 Å². The van der Waals surface area contributed by atoms with Gasteiger partial charge in [-0.05, 0) is 91.0 Å². The van der Waals surface area contributed by atoms with Crippen LogP contribution in [0.3, 0.4) is 0 Å². The molecule has 0 radical (unpaired) electrons. The normalized spacial score (nSPS) is 26.5. The van der Waals surface area contributed by atoms with Crippen LogP contribution in [0.15, 0.2) is 61.2 Å². The molecule has 0 aromatic heterocycles. The predicted octanol–water partition coefficient (Wildman–Crippen LogP) is 9.83. The molecule has 0 amide bonds. The number of hydrogen-bond acceptors (Lipinski definition) is 0. The summed E-state index contributed by atoms with van der Waals surface area (Å²) >= 11 is 6.02. The summed E-state index contributed by atoms with van der Waals surface area (Å²) in [6, 6.07) is 17.5. The Bertz CT molecular complexity index is 787. The molecule has 2 fully saturated rings. The zero-order valence-electron chi connectivity index (χ0n) is 19.1. The van der Waals surface area contributed by atoms with E-state index in [-0.39, 0.29) is 0 Å². The first kappa shape index (κ1) is 22.7. The first-order chi connectivity index (χ1) is 15.2. The highest BCUT2D eigenvalue weighted by Crippen LogP contribution is 2.40. The lowest BCUT2D eigenvalue weighted by Gasteiger charge is -2.32. The SMILES string of the molecule is C=CCC[C@H]1CC[C@H](CCC2CCC(c3ccc(-c4ccc(Cl)cc4)cc3)CC2)CC1. The molecule has 2 aliphatic carbocycles. The van der Waals surface area contributed by atoms with E-state index >= 15 is 0 Å². The van der Waals surface area contributed by atoms with E-state index in [4.69, 9.17) is 11.6 Å². The molecule has 2 aromatic carbocycles. The van der Waals surface area contributed by atoms with E-state index in [1.54, 1.807) is 0 Å². The van der Waals surface area contributed by atoms with Gasteiger partial charge in [-0.3, -0.25) is 0 Å². The van der Waals surface area contributed by atoms with Crippen LogP contribution in [-0.2, 0) is 0 Å². The van der Waals surface area contributed by atoms with Crippen molar-refractivity contribution >= 4 is 11.6 Å². The summed E-state index contributed by atoms with van der Waals surface area (Å²) in [7, 11) is 0. The smallest absolute Gasteiger partial charge is 0.0406 e. The Balaban J connectivity index is 1.19. The van der Waals surface area contributed by atoms with Crippen molar-refractivity contribution in [3.63, 3.8) is 0 Å². The molecular weight excluding hydrogens is 396 g/mol. The summed E-state index contributed by atoms with van der Waals surface area (Å²) in [6.07, 6.45) is 19.2. The van der Waals surface area contributed by atoms with E-state index in [0.717, 1.165) is 28.7 Å². The first-order valence-electron chi connectivity index (χ1n) is 12.7. The van der Waals surface area contributed by atoms with Gasteiger partial charge < -0.3 is 0 Å². The minimum absolute atomic E-state index is 0.760. The summed E-state index contributed by atoms with van der Waals surface area (Å²) in [5.41, 5.74) is 4.07. The standard InChI is InChI=1S/C30H39Cl/c1-2-3-4-23-5-7-24(8-6-23)9-10-25-11-13-26(14-12-25)27-15-17-28(18-16-27)29-19-21-30(31)22-20-29/h2,15-26H,1,3-14H2/t23-,24-,25?,26?. The van der Waals surface area contributed by atoms with Gasteiger partial charge in [0, 0.05) is 5.02 Å². The van der Waals surface area contributed by atoms with E-state index in [1.165, 1.54) is 93.7 Å². The topological polar surface area (TPSA) is 0 Å². The lowest BCUT2D eigenvalue weighted by molar-refractivity contribution is 0.225. The molecular formula is C30H39Cl. The quantitative estimate of drug-likeness (QED) is 0.362. The highest BCUT2D eigenvalue weighted by molar-refractivity contribution is 6.30. The van der Waals surface area contributed by atoms with Crippen molar-refractivity contribution in [2.24, 2.45) is 17.8 Å². The Hall–Kier alpha value is -1.53. The van der Waals surface area contributed by atoms with Gasteiger partial charge in [0.2, 0.25) is 0 Å². The van der Waals surface area contributed by atoms with Gasteiger partial charge in [-0.25, -0.2) is 0 Å². The average Bonchev–Trinajstić information content (AvgIpc) is 2.83. The van der Waals surface area contributed by atoms with Crippen LogP contribution in [0.25, 0.3) is 11.1 Å². The molecule has 0 aliphatic heterocycles. The van der Waals surface area contributed by atoms with E-state index in [9.17, 15) is 0 Å². The number of halogens is 1. The molecule has 0 nitrogen and oxygen atoms in total. The molecule has 0 heterocycles. The van der Waals surface area contributed by atoms with Gasteiger partial charge in [-0.15, -0.1) is 6.58 Å². The van der Waals surface area contributed by atoms with Crippen LogP contribution in [0.2, 0.25) is 5.02 Å². The van der Waals surface area contributed by atoms with Crippen LogP contribution >= 0.6 is 11.6 Å². The van der Waals surface area contributed by atoms with Crippen molar-refractivity contribution in [1.82, 2.24) is 0 Å². The van der Waals surface area contributed by atoms with Crippen molar-refractivity contribution in [2.75, 3.05) is 0 Å². The fourth-order valence-corrected chi connectivity index (χ4v) is 6.13. The summed E-state index contributed by atoms with van der Waals surface area (Å²) in [5, 5.41) is 0.799. The Morgan fingerprint density at radius 1 is 0.645 bits per heavy atom. The molecule has 2 saturated carbocycles. The zero-order valence-corrected chi connectivity index (χ0v) is 19.8. The van der Waals surface area contributed by atoms with Gasteiger partial charge >= 0.3 is 0 Å². The number of allylic oxidation sites excluding steroid dienone is 1. The van der Waals surface area contributed by atoms with E-state index in [0.29, 0.717) is 0 Å². The zero-order chi connectivity index (χ0) is 21.5. The van der Waals surface area contributed by atoms with Gasteiger partial charge in [0.05, 0.1) is 0 Å². The van der Waals surface area contributed by atoms with Crippen molar-refractivity contribution in [1.29, 1.82) is 0 Å². The molecule has 2 aromatic rings. The molecule has 0 unspecified atom stereocenters. The molecule has 0 atom stereocenters. The summed E-state index contributed by atoms with van der Waals surface area (Å²) in [6.45, 7) is 3.88. The molecule has 1 heteroatoms. The minimum atomic E-state index is 0.760. The second-order valence-electron chi connectivity index (χ2n) is 10.2. The number of rotatable bonds is 8. The maximum absolute atomic E-state index is 6.02. The first-order valence-corrected chi connectivity index (χ1v) is 13.1. The van der Waals surface area contributed by atoms with Crippen molar-refractivity contribution < 1.29 is 0 Å². The number of benzene rings is 2. The highest BCUT2D eigenvalue weighted by Gasteiger charge is 2.25. The number of hydrogen-bond donors (Lipinski definition) is 0. The van der Waals surface area contributed by atoms with Gasteiger partial charge in [0.25, 0.3) is 0 Å². The summed E-state index contributed by atoms with van der Waals surface area (Å²) < 4.78 is 0. The highest BCUT2D eigenvalue weighted by atomic mass is 35.5. The lowest BCUT2D eigenvalue weighted by Crippen LogP contribution is -2.17. The molecule has 0 bridgehead atoms. The third-order valence-corrected chi connectivity index (χ3v) is 8.39. The fourth-order valence-electron chi connectivity index (χ4n) is 6.01. The second kappa shape index (κ2) is 11.4. The molecule has 2 aliphatic rings. The van der Waals surface area contributed by atoms with E-state index in [2.05, 4.69) is 49.1 Å². The van der Waals surface area contributed by atoms with Crippen molar-refractivity contribution in [3.05, 3.63) is 71.8 Å². The van der Waals surface area contributed by atoms with E-state index < -0.39 is 0 Å². The van der Waals surface area contributed by atoms with Crippen LogP contribution in [0, 0.1) is 17.8 Å². The second-order valence-corrected chi connectivity index (χ2v) is 10.6. The fraction of sp³-hybridized carbons (Fsp3) is 0.533. The lowest BCUT2D eigenvalue weighted by atomic mass is 9.74. The Kier molecular flexibility index (Phi) is 8.31. The Labute approximate surface area is 195 Å². The predicted molar refractivity (Wildman–Crippen MR) is 136 cm³/mol. The summed E-state index contributed by atoms with van der Waals surface area (Å²) in [4.78, 5) is 0. The molecule has 166 valence electrons. The maximum atomic E-state index is 6.02. The average molecular weight is 435 g/mol. The molecule has 0 saturated heterocycles. The molecule has 0 spiro atoms. The molecule has 4 rings (SSSR count). The van der Waals surface area contributed by atoms with Crippen LogP contribution < -0.4 is 0 Å². The van der Waals surface area contributed by atoms with Gasteiger partial charge in [-0.2, -0.15) is 0 Å². The Morgan fingerprint density at radius 3 is 1.61 bits per heavy atom. The van der Waals surface area contributed by atoms with Gasteiger partial charge in [0.15, 0.2) is 0 Å². The van der Waals surface area contributed by atoms with E-state index in [1.807, 2.05) is 12.1 Å². The van der Waals surface area contributed by atoms with Crippen LogP contribution in [-0.4, -0.2) is 0 Å². The van der Waals surface area contributed by atoms with Crippen LogP contribution in [0.4, 0.5) is 0 Å². The third-order valence-electron chi connectivity index (χ3n) is 8.13. The monoisotopic (exact) mass is 434 g/mol. The molecule has 0 N–H and O–H groups in total. The van der Waals surface area contributed by atoms with Crippen molar-refractivity contribution in [3.8, 4) is 11.1 Å².